The molecular weight excluding hydrogens is 180 g/mol. The SMILES string of the molecule is NC(=O)Oc1ccc(CCl)cn1. The lowest BCUT2D eigenvalue weighted by atomic mass is 10.3. The van der Waals surface area contributed by atoms with E-state index in [-0.39, 0.29) is 5.88 Å². The number of amides is 1. The van der Waals surface area contributed by atoms with Crippen molar-refractivity contribution in [1.29, 1.82) is 0 Å². The lowest BCUT2D eigenvalue weighted by molar-refractivity contribution is 0.209. The van der Waals surface area contributed by atoms with Crippen molar-refractivity contribution < 1.29 is 9.53 Å². The number of ether oxygens (including phenoxy) is 1. The van der Waals surface area contributed by atoms with Crippen LogP contribution in [0.5, 0.6) is 5.88 Å². The van der Waals surface area contributed by atoms with Crippen LogP contribution in [0.3, 0.4) is 0 Å². The highest BCUT2D eigenvalue weighted by Crippen LogP contribution is 2.08. The Balaban J connectivity index is 2.71. The zero-order valence-electron chi connectivity index (χ0n) is 6.16. The molecule has 0 fully saturated rings. The molecule has 0 bridgehead atoms. The summed E-state index contributed by atoms with van der Waals surface area (Å²) in [6.07, 6.45) is 0.645. The Morgan fingerprint density at radius 1 is 1.67 bits per heavy atom. The average molecular weight is 187 g/mol. The summed E-state index contributed by atoms with van der Waals surface area (Å²) in [6.45, 7) is 0. The molecule has 64 valence electrons. The van der Waals surface area contributed by atoms with Gasteiger partial charge in [-0.05, 0) is 5.56 Å². The lowest BCUT2D eigenvalue weighted by Crippen LogP contribution is -2.16. The zero-order valence-corrected chi connectivity index (χ0v) is 6.91. The molecule has 1 amide bonds. The van der Waals surface area contributed by atoms with E-state index in [2.05, 4.69) is 9.72 Å². The second-order valence-corrected chi connectivity index (χ2v) is 2.33. The van der Waals surface area contributed by atoms with Gasteiger partial charge in [-0.1, -0.05) is 6.07 Å². The summed E-state index contributed by atoms with van der Waals surface area (Å²) in [5.74, 6) is 0.556. The van der Waals surface area contributed by atoms with Gasteiger partial charge >= 0.3 is 6.09 Å². The molecule has 0 radical (unpaired) electrons. The van der Waals surface area contributed by atoms with Gasteiger partial charge in [-0.15, -0.1) is 11.6 Å². The third-order valence-corrected chi connectivity index (χ3v) is 1.47. The third kappa shape index (κ3) is 2.39. The van der Waals surface area contributed by atoms with E-state index in [1.165, 1.54) is 12.3 Å². The van der Waals surface area contributed by atoms with Crippen LogP contribution >= 0.6 is 11.6 Å². The number of nitrogens with two attached hydrogens (primary N) is 1. The van der Waals surface area contributed by atoms with Gasteiger partial charge < -0.3 is 10.5 Å². The first-order valence-corrected chi connectivity index (χ1v) is 3.74. The Kier molecular flexibility index (Phi) is 2.88. The van der Waals surface area contributed by atoms with Gasteiger partial charge in [0.1, 0.15) is 0 Å². The molecule has 0 saturated carbocycles. The molecule has 0 spiro atoms. The van der Waals surface area contributed by atoms with Crippen LogP contribution < -0.4 is 10.5 Å². The molecule has 1 aromatic rings. The van der Waals surface area contributed by atoms with Crippen LogP contribution in [0.15, 0.2) is 18.3 Å². The molecule has 0 unspecified atom stereocenters. The predicted molar refractivity (Wildman–Crippen MR) is 44.0 cm³/mol. The smallest absolute Gasteiger partial charge is 0.391 e. The minimum Gasteiger partial charge on any atom is -0.391 e. The number of carbonyl (C=O) groups excluding carboxylic acids is 1. The number of nitrogens with zero attached hydrogens (tertiary/aromatic N) is 1. The molecule has 0 aromatic carbocycles. The fourth-order valence-corrected chi connectivity index (χ4v) is 0.812. The van der Waals surface area contributed by atoms with Crippen LogP contribution in [0.2, 0.25) is 0 Å². The predicted octanol–water partition coefficient (Wildman–Crippen LogP) is 1.28. The van der Waals surface area contributed by atoms with Crippen LogP contribution in [-0.4, -0.2) is 11.1 Å². The van der Waals surface area contributed by atoms with E-state index in [9.17, 15) is 4.79 Å². The van der Waals surface area contributed by atoms with E-state index in [0.717, 1.165) is 5.56 Å². The highest BCUT2D eigenvalue weighted by molar-refractivity contribution is 6.17. The maximum atomic E-state index is 10.3. The molecule has 5 heteroatoms. The van der Waals surface area contributed by atoms with Crippen molar-refractivity contribution in [3.05, 3.63) is 23.9 Å². The van der Waals surface area contributed by atoms with Crippen molar-refractivity contribution in [1.82, 2.24) is 4.98 Å². The molecule has 0 aliphatic carbocycles. The molecule has 4 nitrogen and oxygen atoms in total. The Labute approximate surface area is 74.3 Å². The maximum Gasteiger partial charge on any atom is 0.411 e. The second kappa shape index (κ2) is 3.92. The standard InChI is InChI=1S/C7H7ClN2O2/c8-3-5-1-2-6(10-4-5)12-7(9)11/h1-2,4H,3H2,(H2,9,11). The van der Waals surface area contributed by atoms with E-state index in [0.29, 0.717) is 5.88 Å². The second-order valence-electron chi connectivity index (χ2n) is 2.06. The number of pyridine rings is 1. The first-order chi connectivity index (χ1) is 5.72. The third-order valence-electron chi connectivity index (χ3n) is 1.16. The fourth-order valence-electron chi connectivity index (χ4n) is 0.653. The van der Waals surface area contributed by atoms with Crippen molar-refractivity contribution in [2.75, 3.05) is 0 Å². The van der Waals surface area contributed by atoms with Gasteiger partial charge in [-0.2, -0.15) is 0 Å². The Morgan fingerprint density at radius 2 is 2.42 bits per heavy atom. The molecule has 0 saturated heterocycles. The minimum atomic E-state index is -0.874. The van der Waals surface area contributed by atoms with Crippen molar-refractivity contribution in [3.63, 3.8) is 0 Å². The highest BCUT2D eigenvalue weighted by atomic mass is 35.5. The first-order valence-electron chi connectivity index (χ1n) is 3.20. The fraction of sp³-hybridized carbons (Fsp3) is 0.143. The van der Waals surface area contributed by atoms with Crippen molar-refractivity contribution in [2.45, 2.75) is 5.88 Å². The number of halogens is 1. The maximum absolute atomic E-state index is 10.3. The molecule has 0 atom stereocenters. The quantitative estimate of drug-likeness (QED) is 0.708. The van der Waals surface area contributed by atoms with Gasteiger partial charge in [0.25, 0.3) is 0 Å². The number of rotatable bonds is 2. The topological polar surface area (TPSA) is 65.2 Å². The van der Waals surface area contributed by atoms with Gasteiger partial charge in [0.05, 0.1) is 0 Å². The molecule has 1 aromatic heterocycles. The van der Waals surface area contributed by atoms with E-state index >= 15 is 0 Å². The first kappa shape index (κ1) is 8.80. The molecule has 12 heavy (non-hydrogen) atoms. The number of primary amides is 1. The number of hydrogen-bond acceptors (Lipinski definition) is 3. The van der Waals surface area contributed by atoms with Crippen LogP contribution in [-0.2, 0) is 5.88 Å². The molecule has 0 aliphatic rings. The zero-order chi connectivity index (χ0) is 8.97. The van der Waals surface area contributed by atoms with Crippen molar-refractivity contribution >= 4 is 17.7 Å². The summed E-state index contributed by atoms with van der Waals surface area (Å²) in [4.78, 5) is 14.0. The average Bonchev–Trinajstić information content (AvgIpc) is 2.05. The Bertz CT molecular complexity index is 273. The van der Waals surface area contributed by atoms with Crippen LogP contribution in [0.1, 0.15) is 5.56 Å². The summed E-state index contributed by atoms with van der Waals surface area (Å²) in [5, 5.41) is 0. The van der Waals surface area contributed by atoms with E-state index in [1.54, 1.807) is 6.07 Å². The lowest BCUT2D eigenvalue weighted by Gasteiger charge is -1.99. The Hall–Kier alpha value is -1.29. The molecular formula is C7H7ClN2O2. The van der Waals surface area contributed by atoms with Gasteiger partial charge in [-0.3, -0.25) is 0 Å². The summed E-state index contributed by atoms with van der Waals surface area (Å²) in [6, 6.07) is 3.24. The Morgan fingerprint density at radius 3 is 2.83 bits per heavy atom. The van der Waals surface area contributed by atoms with E-state index < -0.39 is 6.09 Å². The normalized spacial score (nSPS) is 9.42. The number of alkyl halides is 1. The van der Waals surface area contributed by atoms with Crippen LogP contribution in [0.4, 0.5) is 4.79 Å². The molecule has 1 rings (SSSR count). The summed E-state index contributed by atoms with van der Waals surface area (Å²) < 4.78 is 4.50. The van der Waals surface area contributed by atoms with Gasteiger partial charge in [0.2, 0.25) is 5.88 Å². The largest absolute Gasteiger partial charge is 0.411 e. The number of aromatic nitrogens is 1. The van der Waals surface area contributed by atoms with Crippen LogP contribution in [0.25, 0.3) is 0 Å². The molecule has 0 aliphatic heterocycles. The molecule has 2 N–H and O–H groups in total. The summed E-state index contributed by atoms with van der Waals surface area (Å²) >= 11 is 5.51. The summed E-state index contributed by atoms with van der Waals surface area (Å²) in [5.41, 5.74) is 5.62. The number of carbonyl (C=O) groups is 1. The monoisotopic (exact) mass is 186 g/mol. The van der Waals surface area contributed by atoms with Crippen molar-refractivity contribution in [3.8, 4) is 5.88 Å². The van der Waals surface area contributed by atoms with Gasteiger partial charge in [-0.25, -0.2) is 9.78 Å². The molecule has 1 heterocycles. The summed E-state index contributed by atoms with van der Waals surface area (Å²) in [7, 11) is 0. The number of hydrogen-bond donors (Lipinski definition) is 1. The van der Waals surface area contributed by atoms with Gasteiger partial charge in [0, 0.05) is 18.1 Å². The van der Waals surface area contributed by atoms with Crippen LogP contribution in [0, 0.1) is 0 Å². The van der Waals surface area contributed by atoms with E-state index in [4.69, 9.17) is 17.3 Å². The minimum absolute atomic E-state index is 0.177. The highest BCUT2D eigenvalue weighted by Gasteiger charge is 1.98. The van der Waals surface area contributed by atoms with E-state index in [1.807, 2.05) is 0 Å². The van der Waals surface area contributed by atoms with Crippen molar-refractivity contribution in [2.24, 2.45) is 5.73 Å². The van der Waals surface area contributed by atoms with Gasteiger partial charge in [0.15, 0.2) is 0 Å².